The number of aliphatic carboxylic acids is 1. The van der Waals surface area contributed by atoms with Crippen molar-refractivity contribution in [2.24, 2.45) is 11.8 Å². The summed E-state index contributed by atoms with van der Waals surface area (Å²) in [4.78, 5) is 25.2. The number of rotatable bonds is 11. The molecule has 1 heterocycles. The number of benzene rings is 1. The normalized spacial score (nSPS) is 17.0. The van der Waals surface area contributed by atoms with E-state index in [2.05, 4.69) is 11.9 Å². The number of halogens is 2. The quantitative estimate of drug-likeness (QED) is 0.343. The highest BCUT2D eigenvalue weighted by Crippen LogP contribution is 2.38. The van der Waals surface area contributed by atoms with E-state index < -0.39 is 23.8 Å². The van der Waals surface area contributed by atoms with Gasteiger partial charge >= 0.3 is 5.97 Å². The van der Waals surface area contributed by atoms with Crippen LogP contribution in [0.15, 0.2) is 35.7 Å². The molecule has 0 unspecified atom stereocenters. The molecular formula is C26H33F2NO4S. The zero-order valence-corrected chi connectivity index (χ0v) is 20.6. The predicted molar refractivity (Wildman–Crippen MR) is 131 cm³/mol. The van der Waals surface area contributed by atoms with Crippen molar-refractivity contribution in [1.82, 2.24) is 5.32 Å². The van der Waals surface area contributed by atoms with Crippen LogP contribution in [0, 0.1) is 11.8 Å². The molecule has 0 aliphatic heterocycles. The maximum absolute atomic E-state index is 13.5. The van der Waals surface area contributed by atoms with E-state index in [1.165, 1.54) is 11.3 Å². The van der Waals surface area contributed by atoms with E-state index in [9.17, 15) is 23.5 Å². The molecule has 1 amide bonds. The summed E-state index contributed by atoms with van der Waals surface area (Å²) in [7, 11) is 0. The van der Waals surface area contributed by atoms with Crippen LogP contribution >= 0.6 is 11.3 Å². The van der Waals surface area contributed by atoms with Crippen molar-refractivity contribution in [1.29, 1.82) is 0 Å². The Hall–Kier alpha value is -2.48. The third-order valence-electron chi connectivity index (χ3n) is 6.77. The number of carbonyl (C=O) groups excluding carboxylic acids is 1. The van der Waals surface area contributed by atoms with Crippen molar-refractivity contribution in [2.45, 2.75) is 70.8 Å². The minimum atomic E-state index is -2.61. The molecule has 1 aromatic carbocycles. The van der Waals surface area contributed by atoms with Crippen molar-refractivity contribution < 1.29 is 28.2 Å². The van der Waals surface area contributed by atoms with Crippen LogP contribution in [-0.4, -0.2) is 35.6 Å². The van der Waals surface area contributed by atoms with Gasteiger partial charge in [-0.2, -0.15) is 0 Å². The van der Waals surface area contributed by atoms with Crippen LogP contribution < -0.4 is 10.1 Å². The first-order valence-corrected chi connectivity index (χ1v) is 12.7. The number of carbonyl (C=O) groups is 2. The number of nitrogens with one attached hydrogen (secondary N) is 1. The zero-order valence-electron chi connectivity index (χ0n) is 19.7. The maximum Gasteiger partial charge on any atom is 0.330 e. The Kier molecular flexibility index (Phi) is 8.68. The summed E-state index contributed by atoms with van der Waals surface area (Å²) >= 11 is 1.50. The Morgan fingerprint density at radius 1 is 1.24 bits per heavy atom. The third kappa shape index (κ3) is 6.34. The van der Waals surface area contributed by atoms with Crippen LogP contribution in [-0.2, 0) is 4.79 Å². The number of amides is 1. The highest BCUT2D eigenvalue weighted by Gasteiger charge is 2.35. The van der Waals surface area contributed by atoms with Crippen LogP contribution in [0.1, 0.15) is 69.2 Å². The van der Waals surface area contributed by atoms with Crippen molar-refractivity contribution in [2.75, 3.05) is 6.61 Å². The molecule has 3 rings (SSSR count). The van der Waals surface area contributed by atoms with E-state index in [0.717, 1.165) is 22.9 Å². The number of hydrogen-bond donors (Lipinski definition) is 2. The number of hydrogen-bond acceptors (Lipinski definition) is 4. The standard InChI is InChI=1S/C26H33F2NO4S/c1-4-17(5-2)14-16(3)22(25(31)32)29-24(30)20-6-7-21-19(10-13-34-21)23(20)33-15-18-8-11-26(27,28)12-9-18/h6-7,10,13,17-18,22H,3-5,8-9,11-12,14-15H2,1-2H3,(H,29,30)(H,31,32)/t22-/m0/s1. The van der Waals surface area contributed by atoms with Gasteiger partial charge < -0.3 is 15.2 Å². The van der Waals surface area contributed by atoms with Gasteiger partial charge in [0.15, 0.2) is 0 Å². The molecule has 1 aromatic heterocycles. The maximum atomic E-state index is 13.5. The second-order valence-electron chi connectivity index (χ2n) is 9.17. The molecule has 2 N–H and O–H groups in total. The lowest BCUT2D eigenvalue weighted by Gasteiger charge is -2.28. The lowest BCUT2D eigenvalue weighted by atomic mass is 9.87. The topological polar surface area (TPSA) is 75.6 Å². The zero-order chi connectivity index (χ0) is 24.9. The molecule has 0 saturated heterocycles. The van der Waals surface area contributed by atoms with Gasteiger partial charge in [0, 0.05) is 22.9 Å². The highest BCUT2D eigenvalue weighted by atomic mass is 32.1. The minimum Gasteiger partial charge on any atom is -0.492 e. The molecule has 8 heteroatoms. The molecule has 34 heavy (non-hydrogen) atoms. The first-order valence-electron chi connectivity index (χ1n) is 11.9. The average Bonchev–Trinajstić information content (AvgIpc) is 3.28. The molecule has 0 spiro atoms. The van der Waals surface area contributed by atoms with Gasteiger partial charge in [0.25, 0.3) is 5.91 Å². The average molecular weight is 494 g/mol. The van der Waals surface area contributed by atoms with Crippen molar-refractivity contribution in [3.05, 3.63) is 41.3 Å². The first-order chi connectivity index (χ1) is 16.1. The molecule has 5 nitrogen and oxygen atoms in total. The van der Waals surface area contributed by atoms with E-state index in [0.29, 0.717) is 36.5 Å². The fourth-order valence-electron chi connectivity index (χ4n) is 4.43. The third-order valence-corrected chi connectivity index (χ3v) is 7.65. The first kappa shape index (κ1) is 26.1. The van der Waals surface area contributed by atoms with Crippen LogP contribution in [0.5, 0.6) is 5.75 Å². The number of carboxylic acids is 1. The monoisotopic (exact) mass is 493 g/mol. The van der Waals surface area contributed by atoms with Crippen LogP contribution in [0.25, 0.3) is 10.1 Å². The summed E-state index contributed by atoms with van der Waals surface area (Å²) in [6.45, 7) is 8.27. The van der Waals surface area contributed by atoms with Gasteiger partial charge in [-0.25, -0.2) is 13.6 Å². The van der Waals surface area contributed by atoms with Crippen LogP contribution in [0.3, 0.4) is 0 Å². The van der Waals surface area contributed by atoms with Crippen molar-refractivity contribution >= 4 is 33.3 Å². The molecule has 2 aromatic rings. The fourth-order valence-corrected chi connectivity index (χ4v) is 5.22. The summed E-state index contributed by atoms with van der Waals surface area (Å²) in [5.41, 5.74) is 0.686. The molecule has 186 valence electrons. The smallest absolute Gasteiger partial charge is 0.330 e. The largest absolute Gasteiger partial charge is 0.492 e. The summed E-state index contributed by atoms with van der Waals surface area (Å²) in [6.07, 6.45) is 2.73. The lowest BCUT2D eigenvalue weighted by molar-refractivity contribution is -0.138. The van der Waals surface area contributed by atoms with Crippen LogP contribution in [0.2, 0.25) is 0 Å². The summed E-state index contributed by atoms with van der Waals surface area (Å²) in [5, 5.41) is 15.0. The number of thiophene rings is 1. The highest BCUT2D eigenvalue weighted by molar-refractivity contribution is 7.17. The molecular weight excluding hydrogens is 460 g/mol. The van der Waals surface area contributed by atoms with Crippen molar-refractivity contribution in [3.8, 4) is 5.75 Å². The number of carboxylic acid groups (broad SMARTS) is 1. The number of ether oxygens (including phenoxy) is 1. The van der Waals surface area contributed by atoms with Gasteiger partial charge in [-0.3, -0.25) is 4.79 Å². The van der Waals surface area contributed by atoms with Gasteiger partial charge in [0.05, 0.1) is 12.2 Å². The molecule has 1 atom stereocenters. The van der Waals surface area contributed by atoms with Crippen molar-refractivity contribution in [3.63, 3.8) is 0 Å². The van der Waals surface area contributed by atoms with E-state index >= 15 is 0 Å². The van der Waals surface area contributed by atoms with Gasteiger partial charge in [0.1, 0.15) is 11.8 Å². The molecule has 0 bridgehead atoms. The van der Waals surface area contributed by atoms with E-state index in [-0.39, 0.29) is 30.9 Å². The second-order valence-corrected chi connectivity index (χ2v) is 10.1. The summed E-state index contributed by atoms with van der Waals surface area (Å²) in [6, 6.07) is 4.07. The van der Waals surface area contributed by atoms with Gasteiger partial charge in [-0.1, -0.05) is 33.3 Å². The molecule has 1 aliphatic rings. The second kappa shape index (κ2) is 11.3. The summed E-state index contributed by atoms with van der Waals surface area (Å²) < 4.78 is 34.0. The van der Waals surface area contributed by atoms with E-state index in [1.807, 2.05) is 25.3 Å². The molecule has 1 fully saturated rings. The minimum absolute atomic E-state index is 0.0176. The molecule has 1 saturated carbocycles. The van der Waals surface area contributed by atoms with E-state index in [4.69, 9.17) is 4.74 Å². The fraction of sp³-hybridized carbons (Fsp3) is 0.538. The van der Waals surface area contributed by atoms with Crippen LogP contribution in [0.4, 0.5) is 8.78 Å². The SMILES string of the molecule is C=C(CC(CC)CC)[C@H](NC(=O)c1ccc2sccc2c1OCC1CCC(F)(F)CC1)C(=O)O. The van der Waals surface area contributed by atoms with Gasteiger partial charge in [0.2, 0.25) is 5.92 Å². The molecule has 0 radical (unpaired) electrons. The Morgan fingerprint density at radius 2 is 1.91 bits per heavy atom. The number of alkyl halides is 2. The van der Waals surface area contributed by atoms with Gasteiger partial charge in [-0.05, 0) is 60.3 Å². The van der Waals surface area contributed by atoms with Gasteiger partial charge in [-0.15, -0.1) is 11.3 Å². The lowest BCUT2D eigenvalue weighted by Crippen LogP contribution is -2.42. The number of fused-ring (bicyclic) bond motifs is 1. The Bertz CT molecular complexity index is 1020. The molecule has 1 aliphatic carbocycles. The Labute approximate surface area is 203 Å². The Balaban J connectivity index is 1.79. The Morgan fingerprint density at radius 3 is 2.53 bits per heavy atom. The predicted octanol–water partition coefficient (Wildman–Crippen LogP) is 6.67. The van der Waals surface area contributed by atoms with E-state index in [1.54, 1.807) is 12.1 Å². The summed E-state index contributed by atoms with van der Waals surface area (Å²) in [5.74, 6) is -3.69.